The van der Waals surface area contributed by atoms with Gasteiger partial charge in [-0.3, -0.25) is 4.79 Å². The Balaban J connectivity index is 2.27. The molecule has 0 unspecified atom stereocenters. The summed E-state index contributed by atoms with van der Waals surface area (Å²) in [5.41, 5.74) is -0.551. The molecule has 0 aromatic heterocycles. The normalized spacial score (nSPS) is 10.8. The minimum absolute atomic E-state index is 0.0803. The van der Waals surface area contributed by atoms with Crippen molar-refractivity contribution < 1.29 is 18.4 Å². The van der Waals surface area contributed by atoms with Gasteiger partial charge < -0.3 is 9.05 Å². The van der Waals surface area contributed by atoms with Crippen LogP contribution in [-0.4, -0.2) is 5.52 Å². The average molecular weight is 290 g/mol. The van der Waals surface area contributed by atoms with Crippen molar-refractivity contribution in [2.24, 2.45) is 0 Å². The molecule has 0 aliphatic carbocycles. The molecular weight excluding hydrogens is 275 g/mol. The third-order valence-electron chi connectivity index (χ3n) is 2.55. The number of carbonyl (C=O) groups is 1. The molecule has 0 aliphatic heterocycles. The fourth-order valence-corrected chi connectivity index (χ4v) is 2.98. The molecule has 2 aromatic rings. The molecular formula is C15H15O4P. The average Bonchev–Trinajstić information content (AvgIpc) is 2.48. The third kappa shape index (κ3) is 3.49. The number of para-hydroxylation sites is 2. The maximum absolute atomic E-state index is 12.7. The van der Waals surface area contributed by atoms with Crippen molar-refractivity contribution in [3.8, 4) is 11.5 Å². The second-order valence-electron chi connectivity index (χ2n) is 4.05. The quantitative estimate of drug-likeness (QED) is 0.745. The maximum atomic E-state index is 12.7. The molecule has 0 aliphatic rings. The molecule has 0 radical (unpaired) electrons. The van der Waals surface area contributed by atoms with Crippen LogP contribution >= 0.6 is 7.60 Å². The summed E-state index contributed by atoms with van der Waals surface area (Å²) in [5, 5.41) is 0. The van der Waals surface area contributed by atoms with Crippen LogP contribution in [0.4, 0.5) is 0 Å². The molecule has 4 nitrogen and oxygen atoms in total. The van der Waals surface area contributed by atoms with E-state index in [2.05, 4.69) is 0 Å². The highest BCUT2D eigenvalue weighted by atomic mass is 31.2. The van der Waals surface area contributed by atoms with E-state index in [1.807, 2.05) is 0 Å². The first-order chi connectivity index (χ1) is 9.64. The predicted molar refractivity (Wildman–Crippen MR) is 77.0 cm³/mol. The Bertz CT molecular complexity index is 565. The van der Waals surface area contributed by atoms with E-state index in [1.54, 1.807) is 67.6 Å². The lowest BCUT2D eigenvalue weighted by molar-refractivity contribution is -0.112. The van der Waals surface area contributed by atoms with Gasteiger partial charge in [-0.05, 0) is 24.3 Å². The van der Waals surface area contributed by atoms with E-state index < -0.39 is 13.1 Å². The van der Waals surface area contributed by atoms with Gasteiger partial charge in [0.25, 0.3) is 5.52 Å². The van der Waals surface area contributed by atoms with Gasteiger partial charge in [0.15, 0.2) is 0 Å². The fraction of sp³-hybridized carbons (Fsp3) is 0.133. The highest BCUT2D eigenvalue weighted by Crippen LogP contribution is 2.49. The van der Waals surface area contributed by atoms with E-state index in [-0.39, 0.29) is 6.42 Å². The van der Waals surface area contributed by atoms with Gasteiger partial charge in [0.2, 0.25) is 0 Å². The van der Waals surface area contributed by atoms with Crippen LogP contribution in [0, 0.1) is 0 Å². The third-order valence-corrected chi connectivity index (χ3v) is 4.37. The minimum Gasteiger partial charge on any atom is -0.411 e. The molecule has 104 valence electrons. The van der Waals surface area contributed by atoms with Crippen LogP contribution in [0.1, 0.15) is 13.3 Å². The van der Waals surface area contributed by atoms with Crippen molar-refractivity contribution in [3.05, 3.63) is 60.7 Å². The molecule has 2 aromatic carbocycles. The summed E-state index contributed by atoms with van der Waals surface area (Å²) < 4.78 is 23.4. The SMILES string of the molecule is CCC(=O)P(=O)(Oc1ccccc1)Oc1ccccc1. The monoisotopic (exact) mass is 290 g/mol. The lowest BCUT2D eigenvalue weighted by Gasteiger charge is -2.18. The Morgan fingerprint density at radius 1 is 0.900 bits per heavy atom. The molecule has 20 heavy (non-hydrogen) atoms. The Labute approximate surface area is 117 Å². The second-order valence-corrected chi connectivity index (χ2v) is 5.91. The van der Waals surface area contributed by atoms with Crippen molar-refractivity contribution in [3.63, 3.8) is 0 Å². The van der Waals surface area contributed by atoms with Crippen LogP contribution in [0.25, 0.3) is 0 Å². The molecule has 0 atom stereocenters. The minimum atomic E-state index is -3.89. The Morgan fingerprint density at radius 3 is 1.65 bits per heavy atom. The summed E-state index contributed by atoms with van der Waals surface area (Å²) in [6, 6.07) is 17.1. The number of hydrogen-bond acceptors (Lipinski definition) is 4. The zero-order valence-corrected chi connectivity index (χ0v) is 12.0. The number of hydrogen-bond donors (Lipinski definition) is 0. The van der Waals surface area contributed by atoms with Crippen molar-refractivity contribution >= 4 is 13.1 Å². The topological polar surface area (TPSA) is 52.6 Å². The Kier molecular flexibility index (Phi) is 4.59. The molecule has 2 rings (SSSR count). The molecule has 0 saturated heterocycles. The zero-order chi connectivity index (χ0) is 14.4. The van der Waals surface area contributed by atoms with Gasteiger partial charge in [0.1, 0.15) is 11.5 Å². The highest BCUT2D eigenvalue weighted by molar-refractivity contribution is 7.72. The number of carbonyl (C=O) groups excluding carboxylic acids is 1. The maximum Gasteiger partial charge on any atom is 0.498 e. The van der Waals surface area contributed by atoms with Crippen molar-refractivity contribution in [2.45, 2.75) is 13.3 Å². The van der Waals surface area contributed by atoms with Gasteiger partial charge in [0.05, 0.1) is 0 Å². The van der Waals surface area contributed by atoms with E-state index in [4.69, 9.17) is 9.05 Å². The summed E-state index contributed by atoms with van der Waals surface area (Å²) in [7, 11) is -3.89. The van der Waals surface area contributed by atoms with Crippen LogP contribution < -0.4 is 9.05 Å². The van der Waals surface area contributed by atoms with Crippen LogP contribution in [0.3, 0.4) is 0 Å². The van der Waals surface area contributed by atoms with E-state index in [9.17, 15) is 9.36 Å². The van der Waals surface area contributed by atoms with E-state index in [0.717, 1.165) is 0 Å². The molecule has 0 saturated carbocycles. The van der Waals surface area contributed by atoms with Gasteiger partial charge in [-0.1, -0.05) is 43.3 Å². The largest absolute Gasteiger partial charge is 0.498 e. The van der Waals surface area contributed by atoms with Gasteiger partial charge in [-0.15, -0.1) is 0 Å². The molecule has 0 fully saturated rings. The summed E-state index contributed by atoms with van der Waals surface area (Å²) in [6.07, 6.45) is 0.0803. The summed E-state index contributed by atoms with van der Waals surface area (Å²) in [6.45, 7) is 1.62. The molecule has 0 amide bonds. The van der Waals surface area contributed by atoms with Gasteiger partial charge in [-0.2, -0.15) is 0 Å². The standard InChI is InChI=1S/C15H15O4P/c1-2-15(16)20(17,18-13-9-5-3-6-10-13)19-14-11-7-4-8-12-14/h3-12H,2H2,1H3. The summed E-state index contributed by atoms with van der Waals surface area (Å²) >= 11 is 0. The first-order valence-electron chi connectivity index (χ1n) is 6.27. The summed E-state index contributed by atoms with van der Waals surface area (Å²) in [4.78, 5) is 11.9. The fourth-order valence-electron chi connectivity index (χ4n) is 1.55. The van der Waals surface area contributed by atoms with Gasteiger partial charge in [-0.25, -0.2) is 4.57 Å². The smallest absolute Gasteiger partial charge is 0.411 e. The molecule has 0 spiro atoms. The first-order valence-corrected chi connectivity index (χ1v) is 7.81. The molecule has 0 bridgehead atoms. The molecule has 0 N–H and O–H groups in total. The van der Waals surface area contributed by atoms with Gasteiger partial charge in [0, 0.05) is 6.42 Å². The lowest BCUT2D eigenvalue weighted by atomic mass is 10.3. The molecule has 5 heteroatoms. The van der Waals surface area contributed by atoms with Crippen LogP contribution in [0.15, 0.2) is 60.7 Å². The van der Waals surface area contributed by atoms with Crippen molar-refractivity contribution in [1.29, 1.82) is 0 Å². The lowest BCUT2D eigenvalue weighted by Crippen LogP contribution is -2.10. The Hall–Kier alpha value is -2.06. The van der Waals surface area contributed by atoms with E-state index in [0.29, 0.717) is 11.5 Å². The number of rotatable bonds is 6. The first kappa shape index (κ1) is 14.4. The molecule has 0 heterocycles. The van der Waals surface area contributed by atoms with Crippen molar-refractivity contribution in [1.82, 2.24) is 0 Å². The predicted octanol–water partition coefficient (Wildman–Crippen LogP) is 4.27. The van der Waals surface area contributed by atoms with E-state index >= 15 is 0 Å². The van der Waals surface area contributed by atoms with Crippen LogP contribution in [0.5, 0.6) is 11.5 Å². The van der Waals surface area contributed by atoms with Crippen LogP contribution in [0.2, 0.25) is 0 Å². The number of benzene rings is 2. The second kappa shape index (κ2) is 6.40. The van der Waals surface area contributed by atoms with Crippen molar-refractivity contribution in [2.75, 3.05) is 0 Å². The van der Waals surface area contributed by atoms with E-state index in [1.165, 1.54) is 0 Å². The van der Waals surface area contributed by atoms with Gasteiger partial charge >= 0.3 is 7.60 Å². The zero-order valence-electron chi connectivity index (χ0n) is 11.1. The Morgan fingerprint density at radius 2 is 1.30 bits per heavy atom. The van der Waals surface area contributed by atoms with Crippen LogP contribution in [-0.2, 0) is 9.36 Å². The highest BCUT2D eigenvalue weighted by Gasteiger charge is 2.36. The summed E-state index contributed by atoms with van der Waals surface area (Å²) in [5.74, 6) is 0.683.